The van der Waals surface area contributed by atoms with Crippen molar-refractivity contribution in [3.05, 3.63) is 18.2 Å². The summed E-state index contributed by atoms with van der Waals surface area (Å²) < 4.78 is 26.1. The van der Waals surface area contributed by atoms with Crippen LogP contribution in [-0.2, 0) is 6.54 Å². The second-order valence-corrected chi connectivity index (χ2v) is 4.63. The lowest BCUT2D eigenvalue weighted by molar-refractivity contribution is -0.000717. The lowest BCUT2D eigenvalue weighted by Crippen LogP contribution is -2.40. The summed E-state index contributed by atoms with van der Waals surface area (Å²) in [5, 5.41) is 10.2. The highest BCUT2D eigenvalue weighted by atomic mass is 19.3. The molecule has 18 heavy (non-hydrogen) atoms. The van der Waals surface area contributed by atoms with Crippen LogP contribution in [0.15, 0.2) is 12.4 Å². The molecule has 1 N–H and O–H groups in total. The molecule has 1 heterocycles. The van der Waals surface area contributed by atoms with Gasteiger partial charge in [-0.1, -0.05) is 13.8 Å². The molecular formula is C12H21F2N3O. The highest BCUT2D eigenvalue weighted by Crippen LogP contribution is 2.18. The minimum Gasteiger partial charge on any atom is -0.389 e. The van der Waals surface area contributed by atoms with Crippen LogP contribution < -0.4 is 0 Å². The Labute approximate surface area is 106 Å². The molecular weight excluding hydrogens is 240 g/mol. The van der Waals surface area contributed by atoms with E-state index in [1.165, 1.54) is 12.4 Å². The van der Waals surface area contributed by atoms with Gasteiger partial charge in [0.25, 0.3) is 0 Å². The van der Waals surface area contributed by atoms with E-state index in [2.05, 4.69) is 4.98 Å². The van der Waals surface area contributed by atoms with E-state index >= 15 is 0 Å². The molecule has 0 aliphatic carbocycles. The molecule has 0 spiro atoms. The average Bonchev–Trinajstić information content (AvgIpc) is 2.76. The predicted molar refractivity (Wildman–Crippen MR) is 65.3 cm³/mol. The Balaban J connectivity index is 2.64. The van der Waals surface area contributed by atoms with Gasteiger partial charge in [-0.25, -0.2) is 4.98 Å². The van der Waals surface area contributed by atoms with Crippen LogP contribution in [0.5, 0.6) is 0 Å². The lowest BCUT2D eigenvalue weighted by atomic mass is 9.97. The Morgan fingerprint density at radius 3 is 2.56 bits per heavy atom. The van der Waals surface area contributed by atoms with E-state index in [1.807, 2.05) is 18.7 Å². The van der Waals surface area contributed by atoms with E-state index in [4.69, 9.17) is 0 Å². The van der Waals surface area contributed by atoms with Crippen LogP contribution in [-0.4, -0.2) is 38.8 Å². The summed E-state index contributed by atoms with van der Waals surface area (Å²) in [6.45, 7) is 1.98. The molecule has 0 aliphatic heterocycles. The van der Waals surface area contributed by atoms with E-state index < -0.39 is 12.2 Å². The topological polar surface area (TPSA) is 41.3 Å². The van der Waals surface area contributed by atoms with Crippen LogP contribution in [0.1, 0.15) is 39.1 Å². The normalized spacial score (nSPS) is 12.7. The maximum atomic E-state index is 12.6. The summed E-state index contributed by atoms with van der Waals surface area (Å²) in [7, 11) is 1.79. The number of halogens is 2. The number of aromatic nitrogens is 2. The number of rotatable bonds is 7. The molecule has 0 aromatic carbocycles. The van der Waals surface area contributed by atoms with E-state index in [0.29, 0.717) is 31.8 Å². The van der Waals surface area contributed by atoms with Gasteiger partial charge in [0.1, 0.15) is 5.82 Å². The lowest BCUT2D eigenvalue weighted by Gasteiger charge is -2.30. The Morgan fingerprint density at radius 2 is 2.06 bits per heavy atom. The third-order valence-corrected chi connectivity index (χ3v) is 3.25. The minimum absolute atomic E-state index is 0.291. The molecule has 1 aromatic rings. The molecule has 104 valence electrons. The highest BCUT2D eigenvalue weighted by Gasteiger charge is 2.25. The van der Waals surface area contributed by atoms with Crippen molar-refractivity contribution in [2.75, 3.05) is 13.6 Å². The van der Waals surface area contributed by atoms with E-state index in [-0.39, 0.29) is 0 Å². The van der Waals surface area contributed by atoms with E-state index in [9.17, 15) is 13.9 Å². The monoisotopic (exact) mass is 261 g/mol. The zero-order valence-corrected chi connectivity index (χ0v) is 11.1. The number of likely N-dealkylation sites (N-methyl/N-ethyl adjacent to an activating group) is 1. The van der Waals surface area contributed by atoms with Crippen molar-refractivity contribution in [2.45, 2.75) is 45.4 Å². The molecule has 0 atom stereocenters. The van der Waals surface area contributed by atoms with Gasteiger partial charge in [0, 0.05) is 18.9 Å². The average molecular weight is 261 g/mol. The predicted octanol–water partition coefficient (Wildman–Crippen LogP) is 2.26. The Bertz CT molecular complexity index is 364. The Hall–Kier alpha value is -1.01. The van der Waals surface area contributed by atoms with Crippen molar-refractivity contribution in [3.8, 4) is 0 Å². The zero-order chi connectivity index (χ0) is 13.8. The number of hydrogen-bond acceptors (Lipinski definition) is 3. The number of alkyl halides is 2. The van der Waals surface area contributed by atoms with Crippen molar-refractivity contribution in [1.82, 2.24) is 14.5 Å². The van der Waals surface area contributed by atoms with Gasteiger partial charge in [-0.3, -0.25) is 9.47 Å². The van der Waals surface area contributed by atoms with Gasteiger partial charge >= 0.3 is 6.55 Å². The summed E-state index contributed by atoms with van der Waals surface area (Å²) in [4.78, 5) is 5.73. The van der Waals surface area contributed by atoms with Gasteiger partial charge in [-0.2, -0.15) is 8.78 Å². The van der Waals surface area contributed by atoms with Crippen LogP contribution >= 0.6 is 0 Å². The summed E-state index contributed by atoms with van der Waals surface area (Å²) in [6.07, 6.45) is 3.90. The van der Waals surface area contributed by atoms with Crippen molar-refractivity contribution in [1.29, 1.82) is 0 Å². The van der Waals surface area contributed by atoms with Gasteiger partial charge < -0.3 is 5.11 Å². The van der Waals surface area contributed by atoms with Crippen molar-refractivity contribution < 1.29 is 13.9 Å². The molecule has 0 aliphatic rings. The first-order valence-corrected chi connectivity index (χ1v) is 6.12. The number of imidazole rings is 1. The van der Waals surface area contributed by atoms with E-state index in [0.717, 1.165) is 4.57 Å². The standard InChI is InChI=1S/C12H21F2N3O/c1-4-12(18,5-2)9-16(3)8-10-15-6-7-17(10)11(13)14/h6-7,11,18H,4-5,8-9H2,1-3H3. The fourth-order valence-corrected chi connectivity index (χ4v) is 1.92. The van der Waals surface area contributed by atoms with Gasteiger partial charge in [-0.05, 0) is 19.9 Å². The summed E-state index contributed by atoms with van der Waals surface area (Å²) >= 11 is 0. The van der Waals surface area contributed by atoms with Crippen LogP contribution in [0.3, 0.4) is 0 Å². The third-order valence-electron chi connectivity index (χ3n) is 3.25. The maximum absolute atomic E-state index is 12.6. The number of aliphatic hydroxyl groups is 1. The van der Waals surface area contributed by atoms with Crippen molar-refractivity contribution in [3.63, 3.8) is 0 Å². The molecule has 0 unspecified atom stereocenters. The van der Waals surface area contributed by atoms with Crippen molar-refractivity contribution in [2.24, 2.45) is 0 Å². The maximum Gasteiger partial charge on any atom is 0.319 e. The number of hydrogen-bond donors (Lipinski definition) is 1. The van der Waals surface area contributed by atoms with Gasteiger partial charge in [0.05, 0.1) is 12.1 Å². The number of nitrogens with zero attached hydrogens (tertiary/aromatic N) is 3. The molecule has 0 saturated heterocycles. The summed E-state index contributed by atoms with van der Waals surface area (Å²) in [5.41, 5.74) is -0.767. The quantitative estimate of drug-likeness (QED) is 0.818. The summed E-state index contributed by atoms with van der Waals surface area (Å²) in [6, 6.07) is 0. The first kappa shape index (κ1) is 15.0. The highest BCUT2D eigenvalue weighted by molar-refractivity contribution is 4.93. The zero-order valence-electron chi connectivity index (χ0n) is 11.1. The molecule has 4 nitrogen and oxygen atoms in total. The smallest absolute Gasteiger partial charge is 0.319 e. The van der Waals surface area contributed by atoms with Gasteiger partial charge in [0.15, 0.2) is 0 Å². The SMILES string of the molecule is CCC(O)(CC)CN(C)Cc1nccn1C(F)F. The first-order valence-electron chi connectivity index (χ1n) is 6.12. The van der Waals surface area contributed by atoms with Gasteiger partial charge in [0.2, 0.25) is 0 Å². The van der Waals surface area contributed by atoms with Crippen LogP contribution in [0.25, 0.3) is 0 Å². The fraction of sp³-hybridized carbons (Fsp3) is 0.750. The molecule has 6 heteroatoms. The Kier molecular flexibility index (Phi) is 5.22. The molecule has 0 saturated carbocycles. The second kappa shape index (κ2) is 6.24. The van der Waals surface area contributed by atoms with Crippen molar-refractivity contribution >= 4 is 0 Å². The van der Waals surface area contributed by atoms with Crippen LogP contribution in [0.2, 0.25) is 0 Å². The molecule has 0 radical (unpaired) electrons. The third kappa shape index (κ3) is 3.74. The molecule has 1 rings (SSSR count). The fourth-order valence-electron chi connectivity index (χ4n) is 1.92. The largest absolute Gasteiger partial charge is 0.389 e. The summed E-state index contributed by atoms with van der Waals surface area (Å²) in [5.74, 6) is 0.307. The Morgan fingerprint density at radius 1 is 1.44 bits per heavy atom. The first-order chi connectivity index (χ1) is 8.41. The van der Waals surface area contributed by atoms with Crippen LogP contribution in [0.4, 0.5) is 8.78 Å². The molecule has 1 aromatic heterocycles. The second-order valence-electron chi connectivity index (χ2n) is 4.63. The van der Waals surface area contributed by atoms with E-state index in [1.54, 1.807) is 7.05 Å². The molecule has 0 bridgehead atoms. The molecule has 0 amide bonds. The minimum atomic E-state index is -2.58. The van der Waals surface area contributed by atoms with Gasteiger partial charge in [-0.15, -0.1) is 0 Å². The van der Waals surface area contributed by atoms with Crippen LogP contribution in [0, 0.1) is 0 Å². The molecule has 0 fully saturated rings.